The molecule has 0 unspecified atom stereocenters. The summed E-state index contributed by atoms with van der Waals surface area (Å²) < 4.78 is 2.05. The number of rotatable bonds is 1. The molecule has 2 nitrogen and oxygen atoms in total. The van der Waals surface area contributed by atoms with E-state index < -0.39 is 0 Å². The minimum Gasteiger partial charge on any atom is -1.00 e. The van der Waals surface area contributed by atoms with Crippen molar-refractivity contribution in [3.63, 3.8) is 0 Å². The number of hydrogen-bond donors (Lipinski definition) is 0. The standard InChI is InChI=1S/C14H13N2S.HI/c1-10-7-8-13(17-10)14-11-5-3-4-6-12(11)16(2)9-15-14;/h3-9H,1-2H3;1H/q+1;/p-1. The summed E-state index contributed by atoms with van der Waals surface area (Å²) in [6.07, 6.45) is 1.88. The molecule has 92 valence electrons. The summed E-state index contributed by atoms with van der Waals surface area (Å²) in [5.74, 6) is 0. The number of aromatic nitrogens is 2. The van der Waals surface area contributed by atoms with Gasteiger partial charge in [0.25, 0.3) is 6.33 Å². The summed E-state index contributed by atoms with van der Waals surface area (Å²) in [5.41, 5.74) is 2.29. The molecule has 2 aromatic heterocycles. The zero-order valence-corrected chi connectivity index (χ0v) is 13.2. The predicted octanol–water partition coefficient (Wildman–Crippen LogP) is 0.100. The van der Waals surface area contributed by atoms with Gasteiger partial charge in [0.05, 0.1) is 17.3 Å². The van der Waals surface area contributed by atoms with Crippen molar-refractivity contribution in [2.45, 2.75) is 6.92 Å². The Kier molecular flexibility index (Phi) is 3.97. The molecule has 0 amide bonds. The average Bonchev–Trinajstić information content (AvgIpc) is 2.77. The molecule has 0 radical (unpaired) electrons. The van der Waals surface area contributed by atoms with Crippen molar-refractivity contribution in [3.8, 4) is 10.6 Å². The average molecular weight is 368 g/mol. The number of fused-ring (bicyclic) bond motifs is 1. The molecule has 18 heavy (non-hydrogen) atoms. The molecule has 3 rings (SSSR count). The zero-order valence-electron chi connectivity index (χ0n) is 10.2. The van der Waals surface area contributed by atoms with E-state index in [4.69, 9.17) is 0 Å². The maximum Gasteiger partial charge on any atom is 0.287 e. The zero-order chi connectivity index (χ0) is 11.8. The lowest BCUT2D eigenvalue weighted by molar-refractivity contribution is -0.647. The molecule has 0 aliphatic carbocycles. The smallest absolute Gasteiger partial charge is 0.287 e. The fourth-order valence-electron chi connectivity index (χ4n) is 2.02. The SMILES string of the molecule is Cc1ccc(-c2nc[n+](C)c3ccccc23)s1.[I-]. The summed E-state index contributed by atoms with van der Waals surface area (Å²) in [7, 11) is 2.03. The monoisotopic (exact) mass is 368 g/mol. The van der Waals surface area contributed by atoms with E-state index in [1.807, 2.05) is 13.4 Å². The fraction of sp³-hybridized carbons (Fsp3) is 0.143. The van der Waals surface area contributed by atoms with E-state index >= 15 is 0 Å². The van der Waals surface area contributed by atoms with Crippen molar-refractivity contribution in [2.75, 3.05) is 0 Å². The number of hydrogen-bond acceptors (Lipinski definition) is 2. The van der Waals surface area contributed by atoms with Crippen LogP contribution in [-0.2, 0) is 7.05 Å². The van der Waals surface area contributed by atoms with Gasteiger partial charge in [0.2, 0.25) is 5.69 Å². The van der Waals surface area contributed by atoms with Gasteiger partial charge >= 0.3 is 0 Å². The molecule has 0 N–H and O–H groups in total. The fourth-order valence-corrected chi connectivity index (χ4v) is 2.89. The molecular formula is C14H13IN2S. The van der Waals surface area contributed by atoms with Gasteiger partial charge in [0, 0.05) is 4.88 Å². The number of para-hydroxylation sites is 1. The number of benzene rings is 1. The third kappa shape index (κ3) is 2.27. The van der Waals surface area contributed by atoms with E-state index in [9.17, 15) is 0 Å². The Morgan fingerprint density at radius 1 is 1.11 bits per heavy atom. The topological polar surface area (TPSA) is 16.8 Å². The summed E-state index contributed by atoms with van der Waals surface area (Å²) >= 11 is 1.79. The van der Waals surface area contributed by atoms with Crippen LogP contribution < -0.4 is 28.5 Å². The van der Waals surface area contributed by atoms with Gasteiger partial charge < -0.3 is 24.0 Å². The molecule has 1 aromatic carbocycles. The lowest BCUT2D eigenvalue weighted by atomic mass is 10.1. The Morgan fingerprint density at radius 2 is 1.89 bits per heavy atom. The van der Waals surface area contributed by atoms with Crippen LogP contribution in [-0.4, -0.2) is 4.98 Å². The van der Waals surface area contributed by atoms with Crippen LogP contribution >= 0.6 is 11.3 Å². The number of halogens is 1. The maximum atomic E-state index is 4.56. The van der Waals surface area contributed by atoms with Gasteiger partial charge in [0.15, 0.2) is 0 Å². The first-order chi connectivity index (χ1) is 8.25. The third-order valence-electron chi connectivity index (χ3n) is 2.87. The molecule has 3 aromatic rings. The molecule has 0 bridgehead atoms. The van der Waals surface area contributed by atoms with Crippen LogP contribution in [0, 0.1) is 6.92 Å². The van der Waals surface area contributed by atoms with E-state index in [0.717, 1.165) is 5.69 Å². The largest absolute Gasteiger partial charge is 1.00 e. The van der Waals surface area contributed by atoms with Gasteiger partial charge in [-0.25, -0.2) is 4.57 Å². The van der Waals surface area contributed by atoms with Crippen LogP contribution in [0.2, 0.25) is 0 Å². The van der Waals surface area contributed by atoms with Crippen LogP contribution in [0.3, 0.4) is 0 Å². The van der Waals surface area contributed by atoms with E-state index in [0.29, 0.717) is 0 Å². The lowest BCUT2D eigenvalue weighted by Gasteiger charge is -2.00. The number of thiophene rings is 1. The minimum absolute atomic E-state index is 0. The molecule has 0 spiro atoms. The molecule has 0 saturated carbocycles. The molecular weight excluding hydrogens is 355 g/mol. The Labute approximate surface area is 127 Å². The first-order valence-corrected chi connectivity index (χ1v) is 6.37. The van der Waals surface area contributed by atoms with Gasteiger partial charge in [-0.15, -0.1) is 11.3 Å². The molecule has 0 aliphatic heterocycles. The Morgan fingerprint density at radius 3 is 2.61 bits per heavy atom. The Balaban J connectivity index is 0.00000120. The van der Waals surface area contributed by atoms with Gasteiger partial charge in [-0.05, 0) is 36.2 Å². The highest BCUT2D eigenvalue weighted by molar-refractivity contribution is 7.15. The Bertz CT molecular complexity index is 691. The predicted molar refractivity (Wildman–Crippen MR) is 71.0 cm³/mol. The minimum atomic E-state index is 0. The van der Waals surface area contributed by atoms with E-state index in [1.54, 1.807) is 11.3 Å². The van der Waals surface area contributed by atoms with Crippen molar-refractivity contribution in [1.29, 1.82) is 0 Å². The summed E-state index contributed by atoms with van der Waals surface area (Å²) in [4.78, 5) is 7.12. The molecule has 0 saturated heterocycles. The normalized spacial score (nSPS) is 10.3. The van der Waals surface area contributed by atoms with E-state index in [1.165, 1.54) is 20.7 Å². The molecule has 0 aliphatic rings. The highest BCUT2D eigenvalue weighted by Gasteiger charge is 2.14. The molecule has 4 heteroatoms. The highest BCUT2D eigenvalue weighted by atomic mass is 127. The molecule has 2 heterocycles. The van der Waals surface area contributed by atoms with Gasteiger partial charge in [-0.3, -0.25) is 0 Å². The van der Waals surface area contributed by atoms with Gasteiger partial charge in [-0.1, -0.05) is 12.1 Å². The van der Waals surface area contributed by atoms with Gasteiger partial charge in [0.1, 0.15) is 5.52 Å². The van der Waals surface area contributed by atoms with Crippen molar-refractivity contribution >= 4 is 22.2 Å². The van der Waals surface area contributed by atoms with Crippen LogP contribution in [0.5, 0.6) is 0 Å². The van der Waals surface area contributed by atoms with Crippen LogP contribution in [0.4, 0.5) is 0 Å². The van der Waals surface area contributed by atoms with E-state index in [-0.39, 0.29) is 24.0 Å². The van der Waals surface area contributed by atoms with Crippen LogP contribution in [0.15, 0.2) is 42.7 Å². The number of nitrogens with zero attached hydrogens (tertiary/aromatic N) is 2. The molecule has 0 fully saturated rings. The second-order valence-electron chi connectivity index (χ2n) is 4.13. The second-order valence-corrected chi connectivity index (χ2v) is 5.42. The summed E-state index contributed by atoms with van der Waals surface area (Å²) in [5, 5.41) is 1.21. The Hall–Kier alpha value is -1.01. The van der Waals surface area contributed by atoms with Crippen LogP contribution in [0.25, 0.3) is 21.5 Å². The van der Waals surface area contributed by atoms with Crippen molar-refractivity contribution in [1.82, 2.24) is 4.98 Å². The van der Waals surface area contributed by atoms with E-state index in [2.05, 4.69) is 52.9 Å². The third-order valence-corrected chi connectivity index (χ3v) is 3.88. The quantitative estimate of drug-likeness (QED) is 0.440. The lowest BCUT2D eigenvalue weighted by Crippen LogP contribution is -3.00. The second kappa shape index (κ2) is 5.32. The summed E-state index contributed by atoms with van der Waals surface area (Å²) in [6.45, 7) is 2.12. The summed E-state index contributed by atoms with van der Waals surface area (Å²) in [6, 6.07) is 12.7. The van der Waals surface area contributed by atoms with Crippen molar-refractivity contribution in [2.24, 2.45) is 7.05 Å². The first-order valence-electron chi connectivity index (χ1n) is 5.56. The maximum absolute atomic E-state index is 4.56. The molecule has 0 atom stereocenters. The van der Waals surface area contributed by atoms with Crippen molar-refractivity contribution < 1.29 is 28.5 Å². The number of aryl methyl sites for hydroxylation is 2. The van der Waals surface area contributed by atoms with Gasteiger partial charge in [-0.2, -0.15) is 0 Å². The highest BCUT2D eigenvalue weighted by Crippen LogP contribution is 2.30. The van der Waals surface area contributed by atoms with Crippen LogP contribution in [0.1, 0.15) is 4.88 Å². The first kappa shape index (κ1) is 13.4. The van der Waals surface area contributed by atoms with Crippen molar-refractivity contribution in [3.05, 3.63) is 47.6 Å².